The largest absolute Gasteiger partial charge is 0.323 e. The lowest BCUT2D eigenvalue weighted by Gasteiger charge is -2.08. The summed E-state index contributed by atoms with van der Waals surface area (Å²) in [5.41, 5.74) is 1.92. The number of fused-ring (bicyclic) bond motifs is 3. The van der Waals surface area contributed by atoms with E-state index in [1.165, 1.54) is 17.8 Å². The topological polar surface area (TPSA) is 59.3 Å². The van der Waals surface area contributed by atoms with E-state index in [4.69, 9.17) is 0 Å². The molecule has 0 fully saturated rings. The zero-order valence-corrected chi connectivity index (χ0v) is 15.8. The predicted octanol–water partition coefficient (Wildman–Crippen LogP) is 4.52. The van der Waals surface area contributed by atoms with Crippen molar-refractivity contribution in [1.82, 2.24) is 14.6 Å². The third-order valence-electron chi connectivity index (χ3n) is 4.02. The number of aryl methyl sites for hydroxylation is 1. The SMILES string of the molecule is CCc1nnc(SCC(=O)Nc2ccc(F)cc2F)c2cc3sccc3n12. The number of aromatic nitrogens is 3. The summed E-state index contributed by atoms with van der Waals surface area (Å²) in [5.74, 6) is -1.03. The van der Waals surface area contributed by atoms with E-state index < -0.39 is 17.5 Å². The highest BCUT2D eigenvalue weighted by atomic mass is 32.2. The molecule has 0 aliphatic heterocycles. The Morgan fingerprint density at radius 2 is 2.07 bits per heavy atom. The Bertz CT molecular complexity index is 1160. The summed E-state index contributed by atoms with van der Waals surface area (Å²) in [4.78, 5) is 12.2. The van der Waals surface area contributed by atoms with Crippen LogP contribution in [0.15, 0.2) is 40.7 Å². The van der Waals surface area contributed by atoms with Crippen LogP contribution in [0.1, 0.15) is 12.7 Å². The fraction of sp³-hybridized carbons (Fsp3) is 0.167. The maximum atomic E-state index is 13.7. The molecule has 0 saturated carbocycles. The van der Waals surface area contributed by atoms with E-state index in [0.717, 1.165) is 40.1 Å². The number of thioether (sulfide) groups is 1. The van der Waals surface area contributed by atoms with E-state index in [2.05, 4.69) is 19.9 Å². The number of carbonyl (C=O) groups is 1. The van der Waals surface area contributed by atoms with Gasteiger partial charge in [-0.3, -0.25) is 9.20 Å². The molecule has 3 aromatic heterocycles. The summed E-state index contributed by atoms with van der Waals surface area (Å²) in [5, 5.41) is 13.6. The third-order valence-corrected chi connectivity index (χ3v) is 5.84. The van der Waals surface area contributed by atoms with Gasteiger partial charge in [0.15, 0.2) is 0 Å². The molecule has 4 rings (SSSR count). The molecule has 0 bridgehead atoms. The Morgan fingerprint density at radius 3 is 2.85 bits per heavy atom. The van der Waals surface area contributed by atoms with Crippen molar-refractivity contribution in [1.29, 1.82) is 0 Å². The first-order chi connectivity index (χ1) is 13.1. The summed E-state index contributed by atoms with van der Waals surface area (Å²) in [6.45, 7) is 2.01. The molecule has 138 valence electrons. The van der Waals surface area contributed by atoms with Crippen molar-refractivity contribution in [2.24, 2.45) is 0 Å². The van der Waals surface area contributed by atoms with Gasteiger partial charge in [-0.05, 0) is 29.6 Å². The second kappa shape index (κ2) is 7.24. The van der Waals surface area contributed by atoms with E-state index in [1.54, 1.807) is 11.3 Å². The lowest BCUT2D eigenvalue weighted by atomic mass is 10.3. The quantitative estimate of drug-likeness (QED) is 0.497. The van der Waals surface area contributed by atoms with Crippen molar-refractivity contribution in [2.75, 3.05) is 11.1 Å². The lowest BCUT2D eigenvalue weighted by molar-refractivity contribution is -0.113. The van der Waals surface area contributed by atoms with E-state index >= 15 is 0 Å². The monoisotopic (exact) mass is 404 g/mol. The predicted molar refractivity (Wildman–Crippen MR) is 103 cm³/mol. The van der Waals surface area contributed by atoms with Gasteiger partial charge >= 0.3 is 0 Å². The number of benzene rings is 1. The minimum Gasteiger partial charge on any atom is -0.323 e. The van der Waals surface area contributed by atoms with Gasteiger partial charge in [0.1, 0.15) is 22.5 Å². The van der Waals surface area contributed by atoms with Gasteiger partial charge in [-0.15, -0.1) is 21.5 Å². The summed E-state index contributed by atoms with van der Waals surface area (Å²) < 4.78 is 29.8. The first kappa shape index (κ1) is 17.9. The van der Waals surface area contributed by atoms with Crippen LogP contribution in [0.4, 0.5) is 14.5 Å². The van der Waals surface area contributed by atoms with E-state index in [0.29, 0.717) is 5.03 Å². The summed E-state index contributed by atoms with van der Waals surface area (Å²) in [6, 6.07) is 7.09. The van der Waals surface area contributed by atoms with Crippen LogP contribution >= 0.6 is 23.1 Å². The molecule has 1 N–H and O–H groups in total. The zero-order valence-electron chi connectivity index (χ0n) is 14.2. The lowest BCUT2D eigenvalue weighted by Crippen LogP contribution is -2.15. The fourth-order valence-corrected chi connectivity index (χ4v) is 4.34. The van der Waals surface area contributed by atoms with Gasteiger partial charge in [-0.25, -0.2) is 8.78 Å². The van der Waals surface area contributed by atoms with E-state index in [-0.39, 0.29) is 11.4 Å². The van der Waals surface area contributed by atoms with Crippen molar-refractivity contribution in [3.63, 3.8) is 0 Å². The van der Waals surface area contributed by atoms with Crippen molar-refractivity contribution in [2.45, 2.75) is 18.4 Å². The van der Waals surface area contributed by atoms with Crippen molar-refractivity contribution >= 4 is 50.4 Å². The normalized spacial score (nSPS) is 11.4. The molecule has 0 radical (unpaired) electrons. The number of amides is 1. The first-order valence-electron chi connectivity index (χ1n) is 8.18. The van der Waals surface area contributed by atoms with Crippen molar-refractivity contribution in [3.8, 4) is 0 Å². The smallest absolute Gasteiger partial charge is 0.234 e. The molecule has 0 aliphatic carbocycles. The number of hydrogen-bond acceptors (Lipinski definition) is 5. The van der Waals surface area contributed by atoms with Gasteiger partial charge in [0.25, 0.3) is 0 Å². The Hall–Kier alpha value is -2.52. The number of rotatable bonds is 5. The number of carbonyl (C=O) groups excluding carboxylic acids is 1. The fourth-order valence-electron chi connectivity index (χ4n) is 2.80. The van der Waals surface area contributed by atoms with Crippen LogP contribution in [0.3, 0.4) is 0 Å². The molecule has 5 nitrogen and oxygen atoms in total. The number of nitrogens with zero attached hydrogens (tertiary/aromatic N) is 3. The highest BCUT2D eigenvalue weighted by molar-refractivity contribution is 8.00. The summed E-state index contributed by atoms with van der Waals surface area (Å²) in [7, 11) is 0. The molecule has 9 heteroatoms. The van der Waals surface area contributed by atoms with Gasteiger partial charge in [0.05, 0.1) is 27.2 Å². The Morgan fingerprint density at radius 1 is 1.22 bits per heavy atom. The first-order valence-corrected chi connectivity index (χ1v) is 10.0. The molecule has 3 heterocycles. The Balaban J connectivity index is 1.56. The molecule has 0 atom stereocenters. The van der Waals surface area contributed by atoms with Crippen LogP contribution in [0.25, 0.3) is 15.7 Å². The summed E-state index contributed by atoms with van der Waals surface area (Å²) >= 11 is 2.86. The number of hydrogen-bond donors (Lipinski definition) is 1. The van der Waals surface area contributed by atoms with Crippen LogP contribution < -0.4 is 5.32 Å². The van der Waals surface area contributed by atoms with Crippen molar-refractivity contribution in [3.05, 3.63) is 53.2 Å². The minimum absolute atomic E-state index is 0.0332. The average Bonchev–Trinajstić information content (AvgIpc) is 3.23. The maximum absolute atomic E-state index is 13.7. The van der Waals surface area contributed by atoms with Gasteiger partial charge in [-0.2, -0.15) is 0 Å². The molecule has 0 aliphatic rings. The summed E-state index contributed by atoms with van der Waals surface area (Å²) in [6.07, 6.45) is 0.735. The van der Waals surface area contributed by atoms with Crippen LogP contribution in [0.2, 0.25) is 0 Å². The van der Waals surface area contributed by atoms with Gasteiger partial charge in [0, 0.05) is 12.5 Å². The third kappa shape index (κ3) is 3.40. The molecule has 0 unspecified atom stereocenters. The highest BCUT2D eigenvalue weighted by Gasteiger charge is 2.15. The second-order valence-electron chi connectivity index (χ2n) is 5.77. The molecule has 0 saturated heterocycles. The van der Waals surface area contributed by atoms with E-state index in [1.807, 2.05) is 24.4 Å². The van der Waals surface area contributed by atoms with Crippen LogP contribution in [0.5, 0.6) is 0 Å². The molecule has 0 spiro atoms. The number of nitrogens with one attached hydrogen (secondary N) is 1. The van der Waals surface area contributed by atoms with Gasteiger partial charge in [-0.1, -0.05) is 18.7 Å². The molecular weight excluding hydrogens is 390 g/mol. The standard InChI is InChI=1S/C18H14F2N4OS2/c1-2-16-22-23-18(14-8-15-13(24(14)16)5-6-26-15)27-9-17(25)21-12-4-3-10(19)7-11(12)20/h3-8H,2,9H2,1H3,(H,21,25). The number of anilines is 1. The van der Waals surface area contributed by atoms with Gasteiger partial charge < -0.3 is 5.32 Å². The molecule has 4 aromatic rings. The average molecular weight is 404 g/mol. The molecular formula is C18H14F2N4OS2. The van der Waals surface area contributed by atoms with Crippen molar-refractivity contribution < 1.29 is 13.6 Å². The Kier molecular flexibility index (Phi) is 4.79. The molecule has 27 heavy (non-hydrogen) atoms. The van der Waals surface area contributed by atoms with Crippen LogP contribution in [-0.2, 0) is 11.2 Å². The minimum atomic E-state index is -0.811. The Labute approximate surface area is 161 Å². The highest BCUT2D eigenvalue weighted by Crippen LogP contribution is 2.31. The number of thiophene rings is 1. The second-order valence-corrected chi connectivity index (χ2v) is 7.68. The molecule has 1 amide bonds. The number of halogens is 2. The zero-order chi connectivity index (χ0) is 19.0. The van der Waals surface area contributed by atoms with Gasteiger partial charge in [0.2, 0.25) is 5.91 Å². The van der Waals surface area contributed by atoms with Crippen LogP contribution in [-0.4, -0.2) is 26.3 Å². The maximum Gasteiger partial charge on any atom is 0.234 e. The molecule has 1 aromatic carbocycles. The van der Waals surface area contributed by atoms with Crippen LogP contribution in [0, 0.1) is 11.6 Å². The van der Waals surface area contributed by atoms with E-state index in [9.17, 15) is 13.6 Å².